The van der Waals surface area contributed by atoms with Crippen LogP contribution in [0, 0.1) is 5.82 Å². The molecule has 1 aromatic rings. The van der Waals surface area contributed by atoms with E-state index >= 15 is 0 Å². The lowest BCUT2D eigenvalue weighted by Gasteiger charge is -2.19. The van der Waals surface area contributed by atoms with Gasteiger partial charge in [0.25, 0.3) is 0 Å². The van der Waals surface area contributed by atoms with Gasteiger partial charge in [0.05, 0.1) is 0 Å². The quantitative estimate of drug-likeness (QED) is 0.763. The van der Waals surface area contributed by atoms with Crippen LogP contribution in [0.3, 0.4) is 0 Å². The minimum atomic E-state index is -4.62. The third-order valence-corrected chi connectivity index (χ3v) is 2.19. The minimum Gasteiger partial charge on any atom is -0.316 e. The predicted octanol–water partition coefficient (Wildman–Crippen LogP) is 2.95. The number of aryl methyl sites for hydroxylation is 1. The molecule has 0 saturated heterocycles. The SMILES string of the molecule is CCc1cccc(F)c1[C@H](N)C(F)(F)F. The van der Waals surface area contributed by atoms with Gasteiger partial charge in [-0.25, -0.2) is 4.39 Å². The fourth-order valence-corrected chi connectivity index (χ4v) is 1.40. The van der Waals surface area contributed by atoms with E-state index in [0.717, 1.165) is 6.07 Å². The van der Waals surface area contributed by atoms with Gasteiger partial charge >= 0.3 is 6.18 Å². The number of halogens is 4. The Labute approximate surface area is 84.9 Å². The van der Waals surface area contributed by atoms with Crippen molar-refractivity contribution in [3.63, 3.8) is 0 Å². The second kappa shape index (κ2) is 4.18. The van der Waals surface area contributed by atoms with Gasteiger partial charge in [0.15, 0.2) is 0 Å². The van der Waals surface area contributed by atoms with Crippen molar-refractivity contribution in [2.75, 3.05) is 0 Å². The number of hydrogen-bond donors (Lipinski definition) is 1. The number of rotatable bonds is 2. The van der Waals surface area contributed by atoms with Gasteiger partial charge in [0, 0.05) is 5.56 Å². The molecule has 1 aromatic carbocycles. The Kier molecular flexibility index (Phi) is 3.34. The molecule has 0 amide bonds. The van der Waals surface area contributed by atoms with Gasteiger partial charge in [-0.05, 0) is 18.1 Å². The van der Waals surface area contributed by atoms with Gasteiger partial charge in [-0.2, -0.15) is 13.2 Å². The number of benzene rings is 1. The monoisotopic (exact) mass is 221 g/mol. The van der Waals surface area contributed by atoms with Crippen LogP contribution in [0.25, 0.3) is 0 Å². The first-order chi connectivity index (χ1) is 6.88. The van der Waals surface area contributed by atoms with Crippen LogP contribution in [-0.2, 0) is 6.42 Å². The van der Waals surface area contributed by atoms with Crippen molar-refractivity contribution in [2.45, 2.75) is 25.6 Å². The molecule has 0 spiro atoms. The Balaban J connectivity index is 3.23. The summed E-state index contributed by atoms with van der Waals surface area (Å²) < 4.78 is 50.3. The molecular formula is C10H11F4N. The van der Waals surface area contributed by atoms with E-state index in [9.17, 15) is 17.6 Å². The van der Waals surface area contributed by atoms with E-state index in [1.54, 1.807) is 6.92 Å². The van der Waals surface area contributed by atoms with E-state index < -0.39 is 23.6 Å². The highest BCUT2D eigenvalue weighted by Gasteiger charge is 2.40. The summed E-state index contributed by atoms with van der Waals surface area (Å²) in [5.41, 5.74) is 4.82. The topological polar surface area (TPSA) is 26.0 Å². The van der Waals surface area contributed by atoms with Crippen molar-refractivity contribution in [1.29, 1.82) is 0 Å². The van der Waals surface area contributed by atoms with Crippen molar-refractivity contribution in [1.82, 2.24) is 0 Å². The molecule has 0 unspecified atom stereocenters. The van der Waals surface area contributed by atoms with E-state index in [2.05, 4.69) is 0 Å². The third kappa shape index (κ3) is 2.47. The van der Waals surface area contributed by atoms with Crippen LogP contribution in [0.1, 0.15) is 24.1 Å². The Hall–Kier alpha value is -1.10. The zero-order valence-corrected chi connectivity index (χ0v) is 8.11. The lowest BCUT2D eigenvalue weighted by Crippen LogP contribution is -2.30. The average molecular weight is 221 g/mol. The first-order valence-corrected chi connectivity index (χ1v) is 4.47. The van der Waals surface area contributed by atoms with Crippen molar-refractivity contribution >= 4 is 0 Å². The van der Waals surface area contributed by atoms with E-state index in [0.29, 0.717) is 12.0 Å². The number of hydrogen-bond acceptors (Lipinski definition) is 1. The molecule has 1 atom stereocenters. The molecule has 0 radical (unpaired) electrons. The van der Waals surface area contributed by atoms with Crippen LogP contribution in [-0.4, -0.2) is 6.18 Å². The van der Waals surface area contributed by atoms with Crippen molar-refractivity contribution in [3.8, 4) is 0 Å². The highest BCUT2D eigenvalue weighted by Crippen LogP contribution is 2.33. The van der Waals surface area contributed by atoms with Crippen LogP contribution in [0.4, 0.5) is 17.6 Å². The summed E-state index contributed by atoms with van der Waals surface area (Å²) in [5.74, 6) is -0.904. The zero-order valence-electron chi connectivity index (χ0n) is 8.11. The van der Waals surface area contributed by atoms with Gasteiger partial charge < -0.3 is 5.73 Å². The predicted molar refractivity (Wildman–Crippen MR) is 48.8 cm³/mol. The van der Waals surface area contributed by atoms with E-state index in [1.165, 1.54) is 12.1 Å². The smallest absolute Gasteiger partial charge is 0.316 e. The van der Waals surface area contributed by atoms with Crippen molar-refractivity contribution in [2.24, 2.45) is 5.73 Å². The molecule has 15 heavy (non-hydrogen) atoms. The largest absolute Gasteiger partial charge is 0.407 e. The summed E-state index contributed by atoms with van der Waals surface area (Å²) in [6.45, 7) is 1.65. The molecule has 0 aliphatic heterocycles. The van der Waals surface area contributed by atoms with Crippen LogP contribution in [0.15, 0.2) is 18.2 Å². The molecule has 0 aromatic heterocycles. The Morgan fingerprint density at radius 3 is 2.40 bits per heavy atom. The Bertz CT molecular complexity index is 346. The molecule has 0 aliphatic carbocycles. The lowest BCUT2D eigenvalue weighted by atomic mass is 9.98. The second-order valence-electron chi connectivity index (χ2n) is 3.19. The molecule has 0 saturated carbocycles. The van der Waals surface area contributed by atoms with E-state index in [-0.39, 0.29) is 0 Å². The summed E-state index contributed by atoms with van der Waals surface area (Å²) in [5, 5.41) is 0. The van der Waals surface area contributed by atoms with Gasteiger partial charge in [-0.1, -0.05) is 19.1 Å². The highest BCUT2D eigenvalue weighted by atomic mass is 19.4. The third-order valence-electron chi connectivity index (χ3n) is 2.19. The molecule has 0 heterocycles. The molecule has 5 heteroatoms. The highest BCUT2D eigenvalue weighted by molar-refractivity contribution is 5.32. The summed E-state index contributed by atoms with van der Waals surface area (Å²) in [6.07, 6.45) is -4.30. The van der Waals surface area contributed by atoms with Crippen LogP contribution in [0.2, 0.25) is 0 Å². The van der Waals surface area contributed by atoms with E-state index in [4.69, 9.17) is 5.73 Å². The Morgan fingerprint density at radius 1 is 1.33 bits per heavy atom. The van der Waals surface area contributed by atoms with Gasteiger partial charge in [0.2, 0.25) is 0 Å². The standard InChI is InChI=1S/C10H11F4N/c1-2-6-4-3-5-7(11)8(6)9(15)10(12,13)14/h3-5,9H,2,15H2,1H3/t9-/m0/s1. The van der Waals surface area contributed by atoms with Crippen molar-refractivity contribution < 1.29 is 17.6 Å². The van der Waals surface area contributed by atoms with Gasteiger partial charge in [-0.15, -0.1) is 0 Å². The second-order valence-corrected chi connectivity index (χ2v) is 3.19. The summed E-state index contributed by atoms with van der Waals surface area (Å²) in [4.78, 5) is 0. The number of nitrogens with two attached hydrogens (primary N) is 1. The molecule has 0 bridgehead atoms. The summed E-state index contributed by atoms with van der Waals surface area (Å²) >= 11 is 0. The maximum Gasteiger partial charge on any atom is 0.407 e. The van der Waals surface area contributed by atoms with Crippen LogP contribution >= 0.6 is 0 Å². The fourth-order valence-electron chi connectivity index (χ4n) is 1.40. The molecule has 0 fully saturated rings. The van der Waals surface area contributed by atoms with Crippen LogP contribution in [0.5, 0.6) is 0 Å². The molecule has 1 rings (SSSR count). The van der Waals surface area contributed by atoms with Crippen molar-refractivity contribution in [3.05, 3.63) is 35.1 Å². The minimum absolute atomic E-state index is 0.292. The first kappa shape index (κ1) is 12.0. The maximum atomic E-state index is 13.2. The molecule has 84 valence electrons. The molecule has 2 N–H and O–H groups in total. The lowest BCUT2D eigenvalue weighted by molar-refractivity contribution is -0.149. The maximum absolute atomic E-state index is 13.2. The average Bonchev–Trinajstić information content (AvgIpc) is 2.15. The van der Waals surface area contributed by atoms with Crippen LogP contribution < -0.4 is 5.73 Å². The van der Waals surface area contributed by atoms with E-state index in [1.807, 2.05) is 0 Å². The normalized spacial score (nSPS) is 14.0. The summed E-state index contributed by atoms with van der Waals surface area (Å²) in [6, 6.07) is 1.55. The Morgan fingerprint density at radius 2 is 1.93 bits per heavy atom. The van der Waals surface area contributed by atoms with Gasteiger partial charge in [0.1, 0.15) is 11.9 Å². The van der Waals surface area contributed by atoms with Gasteiger partial charge in [-0.3, -0.25) is 0 Å². The zero-order chi connectivity index (χ0) is 11.6. The fraction of sp³-hybridized carbons (Fsp3) is 0.400. The summed E-state index contributed by atoms with van der Waals surface area (Å²) in [7, 11) is 0. The number of alkyl halides is 3. The molecule has 1 nitrogen and oxygen atoms in total. The first-order valence-electron chi connectivity index (χ1n) is 4.47. The molecule has 0 aliphatic rings. The molecular weight excluding hydrogens is 210 g/mol.